The molecule has 0 aliphatic rings. The van der Waals surface area contributed by atoms with Crippen molar-refractivity contribution in [1.29, 1.82) is 0 Å². The van der Waals surface area contributed by atoms with E-state index in [1.165, 1.54) is 17.7 Å². The first-order chi connectivity index (χ1) is 3.93. The molecule has 0 radical (unpaired) electrons. The van der Waals surface area contributed by atoms with Crippen LogP contribution >= 0.6 is 11.3 Å². The maximum atomic E-state index is 3.06. The Morgan fingerprint density at radius 3 is 2.70 bits per heavy atom. The number of aryl methyl sites for hydroxylation is 1. The van der Waals surface area contributed by atoms with Crippen LogP contribution in [0.25, 0.3) is 0 Å². The third-order valence-corrected chi connectivity index (χ3v) is 1.88. The minimum Gasteiger partial charge on any atom is -1.00 e. The summed E-state index contributed by atoms with van der Waals surface area (Å²) >= 11 is 1.72. The molecule has 0 bridgehead atoms. The van der Waals surface area contributed by atoms with Crippen molar-refractivity contribution in [3.8, 4) is 0 Å². The third-order valence-electron chi connectivity index (χ3n) is 1.02. The maximum absolute atomic E-state index is 3.06. The Bertz CT molecular complexity index is 139. The number of thiophene rings is 1. The van der Waals surface area contributed by atoms with Gasteiger partial charge in [0.15, 0.2) is 0 Å². The molecule has 0 N–H and O–H groups in total. The maximum Gasteiger partial charge on any atom is 2.00 e. The minimum atomic E-state index is 0. The van der Waals surface area contributed by atoms with Crippen molar-refractivity contribution in [3.63, 3.8) is 0 Å². The van der Waals surface area contributed by atoms with Crippen molar-refractivity contribution in [2.75, 3.05) is 0 Å². The molecule has 0 aliphatic carbocycles. The molecule has 0 spiro atoms. The minimum absolute atomic E-state index is 0. The van der Waals surface area contributed by atoms with Crippen molar-refractivity contribution in [3.05, 3.63) is 22.4 Å². The molecule has 0 unspecified atom stereocenters. The van der Waals surface area contributed by atoms with E-state index < -0.39 is 0 Å². The number of halogens is 1. The predicted molar refractivity (Wildman–Crippen MR) is 42.9 cm³/mol. The van der Waals surface area contributed by atoms with Crippen molar-refractivity contribution >= 4 is 34.4 Å². The van der Waals surface area contributed by atoms with Gasteiger partial charge in [-0.25, -0.2) is 6.07 Å². The van der Waals surface area contributed by atoms with Crippen LogP contribution in [0.1, 0.15) is 18.2 Å². The van der Waals surface area contributed by atoms with Gasteiger partial charge in [0.1, 0.15) is 0 Å². The van der Waals surface area contributed by atoms with Gasteiger partial charge in [0, 0.05) is 0 Å². The van der Waals surface area contributed by atoms with Crippen LogP contribution in [0.4, 0.5) is 0 Å². The molecule has 1 aromatic rings. The first-order valence-electron chi connectivity index (χ1n) is 2.88. The first-order valence-corrected chi connectivity index (χ1v) is 3.70. The van der Waals surface area contributed by atoms with E-state index in [2.05, 4.69) is 18.4 Å². The molecule has 0 nitrogen and oxygen atoms in total. The molecule has 0 saturated heterocycles. The first kappa shape index (κ1) is 13.5. The van der Waals surface area contributed by atoms with Crippen LogP contribution in [0, 0.1) is 5.38 Å². The fourth-order valence-corrected chi connectivity index (χ4v) is 1.38. The molecular formula is C7H9BrMgS. The van der Waals surface area contributed by atoms with Gasteiger partial charge in [0.2, 0.25) is 0 Å². The molecule has 3 heteroatoms. The van der Waals surface area contributed by atoms with Crippen LogP contribution in [-0.4, -0.2) is 23.1 Å². The van der Waals surface area contributed by atoms with Gasteiger partial charge in [-0.15, -0.1) is 10.3 Å². The topological polar surface area (TPSA) is 0 Å². The van der Waals surface area contributed by atoms with Gasteiger partial charge >= 0.3 is 23.1 Å². The average Bonchev–Trinajstić information content (AvgIpc) is 2.19. The zero-order valence-corrected chi connectivity index (χ0v) is 9.88. The number of rotatable bonds is 2. The summed E-state index contributed by atoms with van der Waals surface area (Å²) in [5, 5.41) is 3.06. The predicted octanol–water partition coefficient (Wildman–Crippen LogP) is -0.876. The van der Waals surface area contributed by atoms with E-state index in [9.17, 15) is 0 Å². The standard InChI is InChI=1S/C7H9S.BrH.Mg/c1-2-4-7-5-3-6-8-7;;/h3,5H,2,4H2,1H3;1H;/q-1;;+2/p-1. The van der Waals surface area contributed by atoms with Crippen LogP contribution in [0.2, 0.25) is 0 Å². The molecule has 1 heterocycles. The van der Waals surface area contributed by atoms with Crippen molar-refractivity contribution < 1.29 is 17.0 Å². The van der Waals surface area contributed by atoms with Crippen LogP contribution in [0.5, 0.6) is 0 Å². The zero-order chi connectivity index (χ0) is 5.82. The second-order valence-corrected chi connectivity index (χ2v) is 2.73. The Kier molecular flexibility index (Phi) is 10.9. The van der Waals surface area contributed by atoms with Crippen LogP contribution in [0.15, 0.2) is 12.1 Å². The molecule has 0 aromatic carbocycles. The monoisotopic (exact) mass is 228 g/mol. The second-order valence-electron chi connectivity index (χ2n) is 1.77. The Balaban J connectivity index is 0. The molecule has 0 atom stereocenters. The van der Waals surface area contributed by atoms with Crippen molar-refractivity contribution in [1.82, 2.24) is 0 Å². The van der Waals surface area contributed by atoms with E-state index in [0.29, 0.717) is 0 Å². The Labute approximate surface area is 92.9 Å². The van der Waals surface area contributed by atoms with E-state index >= 15 is 0 Å². The van der Waals surface area contributed by atoms with Gasteiger partial charge in [-0.3, -0.25) is 0 Å². The quantitative estimate of drug-likeness (QED) is 0.457. The summed E-state index contributed by atoms with van der Waals surface area (Å²) in [6, 6.07) is 4.11. The summed E-state index contributed by atoms with van der Waals surface area (Å²) < 4.78 is 0. The summed E-state index contributed by atoms with van der Waals surface area (Å²) in [6.45, 7) is 2.19. The van der Waals surface area contributed by atoms with Gasteiger partial charge in [-0.1, -0.05) is 19.8 Å². The van der Waals surface area contributed by atoms with Gasteiger partial charge in [-0.2, -0.15) is 6.07 Å². The molecule has 0 amide bonds. The fraction of sp³-hybridized carbons (Fsp3) is 0.429. The molecule has 1 rings (SSSR count). The Morgan fingerprint density at radius 1 is 1.60 bits per heavy atom. The van der Waals surface area contributed by atoms with Crippen LogP contribution in [0.3, 0.4) is 0 Å². The van der Waals surface area contributed by atoms with Gasteiger partial charge in [0.25, 0.3) is 0 Å². The Hall–Kier alpha value is 0.946. The van der Waals surface area contributed by atoms with E-state index in [4.69, 9.17) is 0 Å². The summed E-state index contributed by atoms with van der Waals surface area (Å²) in [5.41, 5.74) is 0. The number of hydrogen-bond acceptors (Lipinski definition) is 1. The molecule has 0 aliphatic heterocycles. The third kappa shape index (κ3) is 4.71. The van der Waals surface area contributed by atoms with E-state index in [-0.39, 0.29) is 40.0 Å². The van der Waals surface area contributed by atoms with E-state index in [0.717, 1.165) is 0 Å². The molecule has 52 valence electrons. The molecule has 1 aromatic heterocycles. The fourth-order valence-electron chi connectivity index (χ4n) is 0.651. The van der Waals surface area contributed by atoms with Crippen LogP contribution in [-0.2, 0) is 6.42 Å². The average molecular weight is 229 g/mol. The zero-order valence-electron chi connectivity index (χ0n) is 6.06. The smallest absolute Gasteiger partial charge is 1.00 e. The van der Waals surface area contributed by atoms with Gasteiger partial charge in [0.05, 0.1) is 0 Å². The van der Waals surface area contributed by atoms with E-state index in [1.54, 1.807) is 11.3 Å². The van der Waals surface area contributed by atoms with E-state index in [1.807, 2.05) is 6.07 Å². The molecule has 10 heavy (non-hydrogen) atoms. The summed E-state index contributed by atoms with van der Waals surface area (Å²) in [4.78, 5) is 1.45. The normalized spacial score (nSPS) is 7.70. The summed E-state index contributed by atoms with van der Waals surface area (Å²) in [7, 11) is 0. The molecule has 0 saturated carbocycles. The SMILES string of the molecule is CCCc1cc[c-]s1.[Br-].[Mg+2]. The Morgan fingerprint density at radius 2 is 2.30 bits per heavy atom. The largest absolute Gasteiger partial charge is 2.00 e. The van der Waals surface area contributed by atoms with Gasteiger partial charge < -0.3 is 28.3 Å². The molecule has 0 fully saturated rings. The van der Waals surface area contributed by atoms with Crippen LogP contribution < -0.4 is 17.0 Å². The summed E-state index contributed by atoms with van der Waals surface area (Å²) in [5.74, 6) is 0. The van der Waals surface area contributed by atoms with Gasteiger partial charge in [-0.05, 0) is 0 Å². The summed E-state index contributed by atoms with van der Waals surface area (Å²) in [6.07, 6.45) is 2.46. The number of hydrogen-bond donors (Lipinski definition) is 0. The molecular weight excluding hydrogens is 220 g/mol. The van der Waals surface area contributed by atoms with Crippen molar-refractivity contribution in [2.45, 2.75) is 19.8 Å². The van der Waals surface area contributed by atoms with Crippen molar-refractivity contribution in [2.24, 2.45) is 0 Å². The second kappa shape index (κ2) is 8.05.